The van der Waals surface area contributed by atoms with Crippen LogP contribution in [0.4, 0.5) is 10.3 Å². The fourth-order valence-electron chi connectivity index (χ4n) is 2.85. The van der Waals surface area contributed by atoms with Gasteiger partial charge in [0.15, 0.2) is 20.1 Å². The van der Waals surface area contributed by atoms with Gasteiger partial charge in [-0.25, -0.2) is 18.4 Å². The maximum absolute atomic E-state index is 12.3. The van der Waals surface area contributed by atoms with Crippen LogP contribution in [0, 0.1) is 0 Å². The Labute approximate surface area is 192 Å². The van der Waals surface area contributed by atoms with Gasteiger partial charge in [-0.05, 0) is 36.8 Å². The van der Waals surface area contributed by atoms with Crippen molar-refractivity contribution in [2.45, 2.75) is 17.7 Å². The predicted molar refractivity (Wildman–Crippen MR) is 126 cm³/mol. The highest BCUT2D eigenvalue weighted by Gasteiger charge is 2.13. The van der Waals surface area contributed by atoms with Gasteiger partial charge >= 0.3 is 0 Å². The summed E-state index contributed by atoms with van der Waals surface area (Å²) in [7, 11) is -3.31. The van der Waals surface area contributed by atoms with Crippen molar-refractivity contribution in [1.82, 2.24) is 9.97 Å². The van der Waals surface area contributed by atoms with Gasteiger partial charge in [0, 0.05) is 23.6 Å². The summed E-state index contributed by atoms with van der Waals surface area (Å²) in [5, 5.41) is 8.18. The summed E-state index contributed by atoms with van der Waals surface area (Å²) in [6.45, 7) is 0. The van der Waals surface area contributed by atoms with Gasteiger partial charge in [-0.15, -0.1) is 11.3 Å². The fraction of sp³-hybridized carbons (Fsp3) is 0.143. The SMILES string of the molecule is CS(=O)(=O)c1ccc2nc(NC(=O)CCc3csc(NC(=O)c4ccccc4)n3)sc2c1. The molecular formula is C21H18N4O4S3. The zero-order valence-electron chi connectivity index (χ0n) is 16.9. The molecule has 0 bridgehead atoms. The third-order valence-electron chi connectivity index (χ3n) is 4.45. The lowest BCUT2D eigenvalue weighted by atomic mass is 10.2. The Kier molecular flexibility index (Phi) is 6.31. The zero-order valence-corrected chi connectivity index (χ0v) is 19.3. The van der Waals surface area contributed by atoms with Gasteiger partial charge in [-0.3, -0.25) is 14.9 Å². The van der Waals surface area contributed by atoms with Crippen LogP contribution in [0.3, 0.4) is 0 Å². The van der Waals surface area contributed by atoms with E-state index in [-0.39, 0.29) is 23.1 Å². The molecule has 164 valence electrons. The summed E-state index contributed by atoms with van der Waals surface area (Å²) in [5.41, 5.74) is 1.87. The quantitative estimate of drug-likeness (QED) is 0.408. The molecule has 4 aromatic rings. The Morgan fingerprint density at radius 2 is 1.78 bits per heavy atom. The summed E-state index contributed by atoms with van der Waals surface area (Å²) in [5.74, 6) is -0.464. The number of amides is 2. The van der Waals surface area contributed by atoms with Gasteiger partial charge in [0.2, 0.25) is 5.91 Å². The lowest BCUT2D eigenvalue weighted by Gasteiger charge is -2.01. The molecule has 2 heterocycles. The second kappa shape index (κ2) is 9.15. The average Bonchev–Trinajstić information content (AvgIpc) is 3.37. The standard InChI is InChI=1S/C21H18N4O4S3/c1-32(28,29)15-8-9-16-17(11-15)31-21(23-16)24-18(26)10-7-14-12-30-20(22-14)25-19(27)13-5-3-2-4-6-13/h2-6,8-9,11-12H,7,10H2,1H3,(H,22,25,27)(H,23,24,26). The van der Waals surface area contributed by atoms with Crippen LogP contribution in [0.1, 0.15) is 22.5 Å². The Balaban J connectivity index is 1.33. The molecule has 2 aromatic heterocycles. The molecular weight excluding hydrogens is 468 g/mol. The van der Waals surface area contributed by atoms with E-state index >= 15 is 0 Å². The lowest BCUT2D eigenvalue weighted by Crippen LogP contribution is -2.13. The molecule has 0 unspecified atom stereocenters. The van der Waals surface area contributed by atoms with Crippen molar-refractivity contribution in [1.29, 1.82) is 0 Å². The highest BCUT2D eigenvalue weighted by Crippen LogP contribution is 2.28. The maximum atomic E-state index is 12.3. The molecule has 0 saturated heterocycles. The minimum Gasteiger partial charge on any atom is -0.302 e. The Hall–Kier alpha value is -3.15. The summed E-state index contributed by atoms with van der Waals surface area (Å²) in [6, 6.07) is 13.5. The van der Waals surface area contributed by atoms with E-state index in [4.69, 9.17) is 0 Å². The number of carbonyl (C=O) groups excluding carboxylic acids is 2. The predicted octanol–water partition coefficient (Wildman–Crippen LogP) is 3.98. The molecule has 0 atom stereocenters. The number of aromatic nitrogens is 2. The van der Waals surface area contributed by atoms with E-state index in [1.54, 1.807) is 41.8 Å². The number of sulfone groups is 1. The second-order valence-corrected chi connectivity index (χ2v) is 10.8. The molecule has 8 nitrogen and oxygen atoms in total. The van der Waals surface area contributed by atoms with Crippen LogP contribution in [-0.4, -0.2) is 36.5 Å². The number of benzene rings is 2. The summed E-state index contributed by atoms with van der Waals surface area (Å²) >= 11 is 2.52. The largest absolute Gasteiger partial charge is 0.302 e. The molecule has 0 fully saturated rings. The summed E-state index contributed by atoms with van der Waals surface area (Å²) in [6.07, 6.45) is 1.75. The summed E-state index contributed by atoms with van der Waals surface area (Å²) < 4.78 is 24.1. The molecule has 0 aliphatic carbocycles. The fourth-order valence-corrected chi connectivity index (χ4v) is 5.23. The highest BCUT2D eigenvalue weighted by molar-refractivity contribution is 7.90. The molecule has 0 spiro atoms. The molecule has 2 aromatic carbocycles. The number of nitrogens with zero attached hydrogens (tertiary/aromatic N) is 2. The van der Waals surface area contributed by atoms with Crippen molar-refractivity contribution in [3.63, 3.8) is 0 Å². The lowest BCUT2D eigenvalue weighted by molar-refractivity contribution is -0.116. The Bertz CT molecular complexity index is 1390. The molecule has 32 heavy (non-hydrogen) atoms. The Morgan fingerprint density at radius 1 is 1.00 bits per heavy atom. The van der Waals surface area contributed by atoms with Crippen LogP contribution in [0.5, 0.6) is 0 Å². The molecule has 2 N–H and O–H groups in total. The zero-order chi connectivity index (χ0) is 22.7. The average molecular weight is 487 g/mol. The number of thiazole rings is 2. The van der Waals surface area contributed by atoms with Crippen molar-refractivity contribution in [2.75, 3.05) is 16.9 Å². The van der Waals surface area contributed by atoms with Gasteiger partial charge in [0.25, 0.3) is 5.91 Å². The monoisotopic (exact) mass is 486 g/mol. The van der Waals surface area contributed by atoms with E-state index < -0.39 is 9.84 Å². The van der Waals surface area contributed by atoms with Crippen LogP contribution in [0.15, 0.2) is 58.8 Å². The van der Waals surface area contributed by atoms with Gasteiger partial charge in [-0.1, -0.05) is 29.5 Å². The number of fused-ring (bicyclic) bond motifs is 1. The number of hydrogen-bond donors (Lipinski definition) is 2. The highest BCUT2D eigenvalue weighted by atomic mass is 32.2. The first-order chi connectivity index (χ1) is 15.3. The molecule has 11 heteroatoms. The first-order valence-corrected chi connectivity index (χ1v) is 13.1. The van der Waals surface area contributed by atoms with Crippen molar-refractivity contribution in [2.24, 2.45) is 0 Å². The van der Waals surface area contributed by atoms with Gasteiger partial charge < -0.3 is 5.32 Å². The van der Waals surface area contributed by atoms with Crippen LogP contribution in [0.25, 0.3) is 10.2 Å². The molecule has 0 aliphatic heterocycles. The number of carbonyl (C=O) groups is 2. The minimum absolute atomic E-state index is 0.195. The third kappa shape index (κ3) is 5.36. The van der Waals surface area contributed by atoms with E-state index in [1.807, 2.05) is 6.07 Å². The van der Waals surface area contributed by atoms with Crippen molar-refractivity contribution >= 4 is 64.8 Å². The van der Waals surface area contributed by atoms with Gasteiger partial charge in [-0.2, -0.15) is 0 Å². The van der Waals surface area contributed by atoms with Crippen LogP contribution < -0.4 is 10.6 Å². The molecule has 2 amide bonds. The topological polar surface area (TPSA) is 118 Å². The summed E-state index contributed by atoms with van der Waals surface area (Å²) in [4.78, 5) is 33.4. The number of aryl methyl sites for hydroxylation is 1. The number of rotatable bonds is 7. The maximum Gasteiger partial charge on any atom is 0.257 e. The molecule has 0 aliphatic rings. The normalized spacial score (nSPS) is 11.4. The number of hydrogen-bond acceptors (Lipinski definition) is 8. The van der Waals surface area contributed by atoms with Crippen LogP contribution >= 0.6 is 22.7 Å². The van der Waals surface area contributed by atoms with Crippen LogP contribution in [0.2, 0.25) is 0 Å². The van der Waals surface area contributed by atoms with Crippen molar-refractivity contribution in [3.05, 3.63) is 65.2 Å². The first-order valence-electron chi connectivity index (χ1n) is 9.49. The van der Waals surface area contributed by atoms with Crippen molar-refractivity contribution in [3.8, 4) is 0 Å². The van der Waals surface area contributed by atoms with Crippen molar-refractivity contribution < 1.29 is 18.0 Å². The first kappa shape index (κ1) is 22.1. The van der Waals surface area contributed by atoms with Gasteiger partial charge in [0.1, 0.15) is 0 Å². The third-order valence-corrected chi connectivity index (χ3v) is 7.30. The van der Waals surface area contributed by atoms with E-state index in [1.165, 1.54) is 28.7 Å². The molecule has 4 rings (SSSR count). The van der Waals surface area contributed by atoms with Crippen LogP contribution in [-0.2, 0) is 21.1 Å². The number of nitrogens with one attached hydrogen (secondary N) is 2. The van der Waals surface area contributed by atoms with E-state index in [9.17, 15) is 18.0 Å². The molecule has 0 radical (unpaired) electrons. The van der Waals surface area contributed by atoms with E-state index in [0.29, 0.717) is 38.2 Å². The van der Waals surface area contributed by atoms with Gasteiger partial charge in [0.05, 0.1) is 20.8 Å². The smallest absolute Gasteiger partial charge is 0.257 e. The van der Waals surface area contributed by atoms with E-state index in [2.05, 4.69) is 20.6 Å². The molecule has 0 saturated carbocycles. The second-order valence-electron chi connectivity index (χ2n) is 6.93. The Morgan fingerprint density at radius 3 is 2.53 bits per heavy atom. The van der Waals surface area contributed by atoms with E-state index in [0.717, 1.165) is 6.26 Å². The minimum atomic E-state index is -3.31. The number of anilines is 2.